The summed E-state index contributed by atoms with van der Waals surface area (Å²) in [5.74, 6) is 0.175. The zero-order valence-corrected chi connectivity index (χ0v) is 19.1. The molecular weight excluding hydrogens is 400 g/mol. The van der Waals surface area contributed by atoms with E-state index in [0.29, 0.717) is 23.7 Å². The lowest BCUT2D eigenvalue weighted by molar-refractivity contribution is -0.143. The molecule has 1 unspecified atom stereocenters. The molecule has 0 radical (unpaired) electrons. The molecule has 6 heteroatoms. The van der Waals surface area contributed by atoms with Crippen molar-refractivity contribution in [3.05, 3.63) is 64.2 Å². The highest BCUT2D eigenvalue weighted by atomic mass is 35.5. The van der Waals surface area contributed by atoms with E-state index in [1.165, 1.54) is 0 Å². The van der Waals surface area contributed by atoms with Crippen LogP contribution in [0.5, 0.6) is 5.75 Å². The standard InChI is InChI=1S/C24H31ClN2O3/c1-6-22(24(29)26-16(2)3)27(14-19-10-8-7-9-17(19)4)23(28)15-30-20-11-12-21(25)18(5)13-20/h7-13,16,22H,6,14-15H2,1-5H3,(H,26,29). The minimum atomic E-state index is -0.574. The first-order valence-corrected chi connectivity index (χ1v) is 10.6. The number of aryl methyl sites for hydroxylation is 2. The van der Waals surface area contributed by atoms with Gasteiger partial charge in [0.15, 0.2) is 6.61 Å². The van der Waals surface area contributed by atoms with E-state index < -0.39 is 6.04 Å². The average Bonchev–Trinajstić information content (AvgIpc) is 2.69. The maximum absolute atomic E-state index is 13.2. The minimum Gasteiger partial charge on any atom is -0.484 e. The van der Waals surface area contributed by atoms with Crippen LogP contribution in [0.15, 0.2) is 42.5 Å². The first-order valence-electron chi connectivity index (χ1n) is 10.3. The van der Waals surface area contributed by atoms with Crippen LogP contribution in [-0.2, 0) is 16.1 Å². The van der Waals surface area contributed by atoms with E-state index in [0.717, 1.165) is 16.7 Å². The summed E-state index contributed by atoms with van der Waals surface area (Å²) in [5, 5.41) is 3.57. The van der Waals surface area contributed by atoms with Gasteiger partial charge >= 0.3 is 0 Å². The molecule has 162 valence electrons. The summed E-state index contributed by atoms with van der Waals surface area (Å²) < 4.78 is 5.73. The lowest BCUT2D eigenvalue weighted by Gasteiger charge is -2.31. The summed E-state index contributed by atoms with van der Waals surface area (Å²) in [4.78, 5) is 27.6. The van der Waals surface area contributed by atoms with Crippen molar-refractivity contribution in [1.29, 1.82) is 0 Å². The summed E-state index contributed by atoms with van der Waals surface area (Å²) in [6.45, 7) is 9.79. The van der Waals surface area contributed by atoms with E-state index in [-0.39, 0.29) is 24.5 Å². The fourth-order valence-corrected chi connectivity index (χ4v) is 3.32. The topological polar surface area (TPSA) is 58.6 Å². The number of rotatable bonds is 9. The third kappa shape index (κ3) is 6.49. The molecule has 0 bridgehead atoms. The van der Waals surface area contributed by atoms with E-state index in [2.05, 4.69) is 5.32 Å². The molecule has 0 saturated carbocycles. The van der Waals surface area contributed by atoms with E-state index >= 15 is 0 Å². The van der Waals surface area contributed by atoms with Crippen molar-refractivity contribution >= 4 is 23.4 Å². The van der Waals surface area contributed by atoms with Gasteiger partial charge in [-0.1, -0.05) is 42.8 Å². The summed E-state index contributed by atoms with van der Waals surface area (Å²) >= 11 is 6.06. The van der Waals surface area contributed by atoms with Crippen LogP contribution in [0.2, 0.25) is 5.02 Å². The highest BCUT2D eigenvalue weighted by Gasteiger charge is 2.29. The lowest BCUT2D eigenvalue weighted by atomic mass is 10.1. The number of benzene rings is 2. The Labute approximate surface area is 184 Å². The van der Waals surface area contributed by atoms with Gasteiger partial charge in [-0.15, -0.1) is 0 Å². The molecule has 0 fully saturated rings. The highest BCUT2D eigenvalue weighted by molar-refractivity contribution is 6.31. The number of ether oxygens (including phenoxy) is 1. The molecule has 1 N–H and O–H groups in total. The predicted octanol–water partition coefficient (Wildman–Crippen LogP) is 4.67. The van der Waals surface area contributed by atoms with Gasteiger partial charge in [0.05, 0.1) is 0 Å². The maximum Gasteiger partial charge on any atom is 0.261 e. The van der Waals surface area contributed by atoms with Gasteiger partial charge in [-0.25, -0.2) is 0 Å². The second kappa shape index (κ2) is 11.0. The number of carbonyl (C=O) groups excluding carboxylic acids is 2. The molecule has 2 amide bonds. The van der Waals surface area contributed by atoms with Gasteiger partial charge in [0.2, 0.25) is 5.91 Å². The average molecular weight is 431 g/mol. The van der Waals surface area contributed by atoms with Gasteiger partial charge in [0.25, 0.3) is 5.91 Å². The minimum absolute atomic E-state index is 0.00439. The van der Waals surface area contributed by atoms with Gasteiger partial charge in [-0.3, -0.25) is 9.59 Å². The molecule has 2 aromatic rings. The molecular formula is C24H31ClN2O3. The first kappa shape index (κ1) is 23.7. The molecule has 30 heavy (non-hydrogen) atoms. The Morgan fingerprint density at radius 2 is 1.80 bits per heavy atom. The van der Waals surface area contributed by atoms with Crippen molar-refractivity contribution in [3.63, 3.8) is 0 Å². The smallest absolute Gasteiger partial charge is 0.261 e. The van der Waals surface area contributed by atoms with Crippen LogP contribution >= 0.6 is 11.6 Å². The van der Waals surface area contributed by atoms with Gasteiger partial charge < -0.3 is 15.0 Å². The van der Waals surface area contributed by atoms with Crippen LogP contribution in [0.3, 0.4) is 0 Å². The van der Waals surface area contributed by atoms with Crippen LogP contribution in [0.25, 0.3) is 0 Å². The predicted molar refractivity (Wildman–Crippen MR) is 121 cm³/mol. The van der Waals surface area contributed by atoms with Crippen LogP contribution in [0, 0.1) is 13.8 Å². The quantitative estimate of drug-likeness (QED) is 0.629. The molecule has 0 aromatic heterocycles. The SMILES string of the molecule is CCC(C(=O)NC(C)C)N(Cc1ccccc1C)C(=O)COc1ccc(Cl)c(C)c1. The number of nitrogens with zero attached hydrogens (tertiary/aromatic N) is 1. The molecule has 5 nitrogen and oxygen atoms in total. The summed E-state index contributed by atoms with van der Waals surface area (Å²) in [6, 6.07) is 12.6. The normalized spacial score (nSPS) is 11.8. The molecule has 2 rings (SSSR count). The highest BCUT2D eigenvalue weighted by Crippen LogP contribution is 2.21. The first-order chi connectivity index (χ1) is 14.2. The summed E-state index contributed by atoms with van der Waals surface area (Å²) in [5.41, 5.74) is 2.95. The number of halogens is 1. The number of carbonyl (C=O) groups is 2. The Hall–Kier alpha value is -2.53. The van der Waals surface area contributed by atoms with Gasteiger partial charge in [0.1, 0.15) is 11.8 Å². The Balaban J connectivity index is 2.23. The van der Waals surface area contributed by atoms with Crippen LogP contribution < -0.4 is 10.1 Å². The molecule has 0 aliphatic rings. The van der Waals surface area contributed by atoms with E-state index in [1.54, 1.807) is 23.1 Å². The summed E-state index contributed by atoms with van der Waals surface area (Å²) in [6.07, 6.45) is 0.510. The van der Waals surface area contributed by atoms with Crippen molar-refractivity contribution < 1.29 is 14.3 Å². The Kier molecular flexibility index (Phi) is 8.72. The van der Waals surface area contributed by atoms with Crippen LogP contribution in [0.1, 0.15) is 43.9 Å². The summed E-state index contributed by atoms with van der Waals surface area (Å²) in [7, 11) is 0. The molecule has 0 saturated heterocycles. The monoisotopic (exact) mass is 430 g/mol. The zero-order valence-electron chi connectivity index (χ0n) is 18.4. The fraction of sp³-hybridized carbons (Fsp3) is 0.417. The molecule has 0 aliphatic carbocycles. The molecule has 0 aliphatic heterocycles. The maximum atomic E-state index is 13.2. The van der Waals surface area contributed by atoms with Crippen LogP contribution in [-0.4, -0.2) is 35.4 Å². The Bertz CT molecular complexity index is 883. The molecule has 0 spiro atoms. The lowest BCUT2D eigenvalue weighted by Crippen LogP contribution is -2.51. The number of nitrogens with one attached hydrogen (secondary N) is 1. The van der Waals surface area contributed by atoms with Crippen molar-refractivity contribution in [2.24, 2.45) is 0 Å². The third-order valence-electron chi connectivity index (χ3n) is 4.91. The van der Waals surface area contributed by atoms with Crippen molar-refractivity contribution in [3.8, 4) is 5.75 Å². The van der Waals surface area contributed by atoms with E-state index in [1.807, 2.05) is 58.9 Å². The van der Waals surface area contributed by atoms with E-state index in [9.17, 15) is 9.59 Å². The van der Waals surface area contributed by atoms with Gasteiger partial charge in [-0.2, -0.15) is 0 Å². The van der Waals surface area contributed by atoms with E-state index in [4.69, 9.17) is 16.3 Å². The third-order valence-corrected chi connectivity index (χ3v) is 5.33. The fourth-order valence-electron chi connectivity index (χ4n) is 3.21. The van der Waals surface area contributed by atoms with Crippen LogP contribution in [0.4, 0.5) is 0 Å². The second-order valence-corrected chi connectivity index (χ2v) is 8.14. The number of hydrogen-bond acceptors (Lipinski definition) is 3. The van der Waals surface area contributed by atoms with Crippen molar-refractivity contribution in [2.75, 3.05) is 6.61 Å². The largest absolute Gasteiger partial charge is 0.484 e. The molecule has 2 aromatic carbocycles. The molecule has 1 atom stereocenters. The zero-order chi connectivity index (χ0) is 22.3. The Morgan fingerprint density at radius 3 is 2.40 bits per heavy atom. The van der Waals surface area contributed by atoms with Crippen molar-refractivity contribution in [2.45, 2.75) is 59.7 Å². The Morgan fingerprint density at radius 1 is 1.10 bits per heavy atom. The second-order valence-electron chi connectivity index (χ2n) is 7.74. The van der Waals surface area contributed by atoms with Gasteiger partial charge in [0, 0.05) is 17.6 Å². The van der Waals surface area contributed by atoms with Crippen molar-refractivity contribution in [1.82, 2.24) is 10.2 Å². The molecule has 0 heterocycles. The number of amides is 2. The van der Waals surface area contributed by atoms with Gasteiger partial charge in [-0.05, 0) is 69.0 Å². The number of hydrogen-bond donors (Lipinski definition) is 1.